The summed E-state index contributed by atoms with van der Waals surface area (Å²) in [5.74, 6) is 1.01. The third-order valence-electron chi connectivity index (χ3n) is 10.3. The lowest BCUT2D eigenvalue weighted by atomic mass is 9.95. The molecule has 0 spiro atoms. The Balaban J connectivity index is 1.05. The Morgan fingerprint density at radius 3 is 2.34 bits per heavy atom. The van der Waals surface area contributed by atoms with Gasteiger partial charge in [-0.3, -0.25) is 14.3 Å². The van der Waals surface area contributed by atoms with Crippen molar-refractivity contribution in [2.24, 2.45) is 17.8 Å². The van der Waals surface area contributed by atoms with Gasteiger partial charge in [-0.05, 0) is 75.5 Å². The van der Waals surface area contributed by atoms with Crippen LogP contribution >= 0.6 is 0 Å². The monoisotopic (exact) mass is 563 g/mol. The molecule has 2 saturated carbocycles. The minimum atomic E-state index is -0.266. The summed E-state index contributed by atoms with van der Waals surface area (Å²) in [5, 5.41) is 8.09. The van der Waals surface area contributed by atoms with E-state index in [-0.39, 0.29) is 29.6 Å². The maximum Gasteiger partial charge on any atom is 0.257 e. The van der Waals surface area contributed by atoms with E-state index in [1.165, 1.54) is 25.3 Å². The van der Waals surface area contributed by atoms with Crippen LogP contribution in [0.25, 0.3) is 0 Å². The average molecular weight is 564 g/mol. The third-order valence-corrected chi connectivity index (χ3v) is 10.3. The molecule has 222 valence electrons. The molecule has 4 fully saturated rings. The van der Waals surface area contributed by atoms with Crippen molar-refractivity contribution in [1.29, 1.82) is 0 Å². The molecule has 1 aromatic heterocycles. The minimum Gasteiger partial charge on any atom is -0.349 e. The van der Waals surface area contributed by atoms with E-state index in [0.29, 0.717) is 17.9 Å². The molecule has 3 heterocycles. The summed E-state index contributed by atoms with van der Waals surface area (Å²) >= 11 is 0. The summed E-state index contributed by atoms with van der Waals surface area (Å²) in [5.41, 5.74) is 3.54. The van der Waals surface area contributed by atoms with Gasteiger partial charge in [-0.15, -0.1) is 0 Å². The Kier molecular flexibility index (Phi) is 8.47. The Morgan fingerprint density at radius 2 is 1.66 bits per heavy atom. The Labute approximate surface area is 243 Å². The van der Waals surface area contributed by atoms with E-state index in [1.54, 1.807) is 12.1 Å². The number of halogens is 1. The second-order valence-corrected chi connectivity index (χ2v) is 13.2. The summed E-state index contributed by atoms with van der Waals surface area (Å²) in [7, 11) is 0. The van der Waals surface area contributed by atoms with Crippen LogP contribution in [0.4, 0.5) is 4.39 Å². The SMILES string of the molecule is Cc1nn(C2CCCCC2)c(C)c1C(=O)N1CC2CN(CC[C@H](NC(=O)C3CCCC3)c3cccc(F)c3)CC2C1. The topological polar surface area (TPSA) is 70.5 Å². The minimum absolute atomic E-state index is 0.0859. The molecule has 2 aliphatic carbocycles. The summed E-state index contributed by atoms with van der Waals surface area (Å²) in [6.45, 7) is 8.40. The number of aromatic nitrogens is 2. The number of carbonyl (C=O) groups excluding carboxylic acids is 2. The van der Waals surface area contributed by atoms with Crippen LogP contribution in [0.3, 0.4) is 0 Å². The zero-order valence-corrected chi connectivity index (χ0v) is 24.8. The van der Waals surface area contributed by atoms with E-state index in [9.17, 15) is 14.0 Å². The number of hydrogen-bond acceptors (Lipinski definition) is 4. The standard InChI is InChI=1S/C33H46FN5O2/c1-22-31(23(2)39(36-22)29-13-4-3-5-14-29)33(41)38-20-26-18-37(19-27(26)21-38)16-15-30(25-11-8-12-28(34)17-25)35-32(40)24-9-6-7-10-24/h8,11-12,17,24,26-27,29-30H,3-7,9-10,13-16,18-21H2,1-2H3,(H,35,40)/t26?,27?,30-/m0/s1. The molecule has 1 N–H and O–H groups in total. The Bertz CT molecular complexity index is 1230. The molecule has 2 saturated heterocycles. The predicted molar refractivity (Wildman–Crippen MR) is 157 cm³/mol. The van der Waals surface area contributed by atoms with E-state index in [4.69, 9.17) is 5.10 Å². The molecule has 6 rings (SSSR count). The number of carbonyl (C=O) groups is 2. The van der Waals surface area contributed by atoms with Gasteiger partial charge in [0.05, 0.1) is 23.3 Å². The van der Waals surface area contributed by atoms with E-state index in [1.807, 2.05) is 13.0 Å². The number of fused-ring (bicyclic) bond motifs is 1. The van der Waals surface area contributed by atoms with Crippen molar-refractivity contribution in [3.05, 3.63) is 52.6 Å². The fourth-order valence-corrected chi connectivity index (χ4v) is 8.09. The molecule has 4 aliphatic rings. The van der Waals surface area contributed by atoms with Gasteiger partial charge >= 0.3 is 0 Å². The summed E-state index contributed by atoms with van der Waals surface area (Å²) in [6.07, 6.45) is 11.0. The summed E-state index contributed by atoms with van der Waals surface area (Å²) in [4.78, 5) is 31.2. The zero-order chi connectivity index (χ0) is 28.5. The van der Waals surface area contributed by atoms with Crippen molar-refractivity contribution in [2.75, 3.05) is 32.7 Å². The molecular weight excluding hydrogens is 517 g/mol. The normalized spacial score (nSPS) is 24.6. The van der Waals surface area contributed by atoms with Gasteiger partial charge in [-0.25, -0.2) is 4.39 Å². The maximum absolute atomic E-state index is 14.1. The maximum atomic E-state index is 14.1. The number of aryl methyl sites for hydroxylation is 1. The number of nitrogens with one attached hydrogen (secondary N) is 1. The van der Waals surface area contributed by atoms with Crippen molar-refractivity contribution >= 4 is 11.8 Å². The van der Waals surface area contributed by atoms with Crippen molar-refractivity contribution in [3.8, 4) is 0 Å². The van der Waals surface area contributed by atoms with Crippen LogP contribution in [0.2, 0.25) is 0 Å². The van der Waals surface area contributed by atoms with Crippen LogP contribution in [0, 0.1) is 37.4 Å². The van der Waals surface area contributed by atoms with Gasteiger partial charge in [0, 0.05) is 44.3 Å². The molecule has 2 aromatic rings. The van der Waals surface area contributed by atoms with Crippen molar-refractivity contribution in [3.63, 3.8) is 0 Å². The highest BCUT2D eigenvalue weighted by atomic mass is 19.1. The van der Waals surface area contributed by atoms with Crippen LogP contribution < -0.4 is 5.32 Å². The number of rotatable bonds is 8. The number of benzene rings is 1. The predicted octanol–water partition coefficient (Wildman–Crippen LogP) is 5.59. The molecular formula is C33H46FN5O2. The first-order chi connectivity index (χ1) is 19.9. The molecule has 1 aromatic carbocycles. The molecule has 0 radical (unpaired) electrons. The van der Waals surface area contributed by atoms with Crippen molar-refractivity contribution in [2.45, 2.75) is 90.1 Å². The molecule has 0 bridgehead atoms. The second kappa shape index (κ2) is 12.2. The fraction of sp³-hybridized carbons (Fsp3) is 0.667. The lowest BCUT2D eigenvalue weighted by molar-refractivity contribution is -0.125. The first-order valence-corrected chi connectivity index (χ1v) is 16.0. The molecule has 8 heteroatoms. The van der Waals surface area contributed by atoms with Crippen LogP contribution in [-0.4, -0.2) is 64.1 Å². The Morgan fingerprint density at radius 1 is 0.976 bits per heavy atom. The molecule has 3 atom stereocenters. The zero-order valence-electron chi connectivity index (χ0n) is 24.8. The number of amides is 2. The van der Waals surface area contributed by atoms with E-state index >= 15 is 0 Å². The first kappa shape index (κ1) is 28.4. The van der Waals surface area contributed by atoms with Gasteiger partial charge in [0.2, 0.25) is 5.91 Å². The molecule has 2 aliphatic heterocycles. The lowest BCUT2D eigenvalue weighted by Gasteiger charge is -2.26. The van der Waals surface area contributed by atoms with Crippen molar-refractivity contribution < 1.29 is 14.0 Å². The highest BCUT2D eigenvalue weighted by Gasteiger charge is 2.42. The highest BCUT2D eigenvalue weighted by Crippen LogP contribution is 2.35. The third kappa shape index (κ3) is 6.08. The van der Waals surface area contributed by atoms with Gasteiger partial charge in [0.15, 0.2) is 0 Å². The molecule has 41 heavy (non-hydrogen) atoms. The van der Waals surface area contributed by atoms with E-state index in [2.05, 4.69) is 26.7 Å². The lowest BCUT2D eigenvalue weighted by Crippen LogP contribution is -2.37. The molecule has 2 amide bonds. The van der Waals surface area contributed by atoms with Crippen molar-refractivity contribution in [1.82, 2.24) is 24.9 Å². The first-order valence-electron chi connectivity index (χ1n) is 16.0. The highest BCUT2D eigenvalue weighted by molar-refractivity contribution is 5.96. The van der Waals surface area contributed by atoms with Gasteiger partial charge in [0.25, 0.3) is 5.91 Å². The van der Waals surface area contributed by atoms with Crippen LogP contribution in [0.1, 0.15) is 104 Å². The smallest absolute Gasteiger partial charge is 0.257 e. The van der Waals surface area contributed by atoms with E-state index in [0.717, 1.165) is 100 Å². The van der Waals surface area contributed by atoms with Gasteiger partial charge in [-0.1, -0.05) is 44.2 Å². The van der Waals surface area contributed by atoms with Crippen LogP contribution in [-0.2, 0) is 4.79 Å². The molecule has 2 unspecified atom stereocenters. The fourth-order valence-electron chi connectivity index (χ4n) is 8.09. The van der Waals surface area contributed by atoms with Crippen LogP contribution in [0.15, 0.2) is 24.3 Å². The largest absolute Gasteiger partial charge is 0.349 e. The van der Waals surface area contributed by atoms with Gasteiger partial charge in [-0.2, -0.15) is 5.10 Å². The van der Waals surface area contributed by atoms with Gasteiger partial charge < -0.3 is 15.1 Å². The summed E-state index contributed by atoms with van der Waals surface area (Å²) in [6, 6.07) is 6.90. The number of likely N-dealkylation sites (tertiary alicyclic amines) is 2. The number of hydrogen-bond donors (Lipinski definition) is 1. The van der Waals surface area contributed by atoms with E-state index < -0.39 is 0 Å². The Hall–Kier alpha value is -2.74. The average Bonchev–Trinajstić information content (AvgIpc) is 3.75. The quantitative estimate of drug-likeness (QED) is 0.455. The van der Waals surface area contributed by atoms with Crippen LogP contribution in [0.5, 0.6) is 0 Å². The molecule has 7 nitrogen and oxygen atoms in total. The number of nitrogens with zero attached hydrogens (tertiary/aromatic N) is 4. The summed E-state index contributed by atoms with van der Waals surface area (Å²) < 4.78 is 16.2. The van der Waals surface area contributed by atoms with Gasteiger partial charge in [0.1, 0.15) is 5.82 Å². The second-order valence-electron chi connectivity index (χ2n) is 13.2.